The molecule has 0 unspecified atom stereocenters. The van der Waals surface area contributed by atoms with Crippen molar-refractivity contribution in [1.82, 2.24) is 5.32 Å². The topological polar surface area (TPSA) is 24.1 Å². The Hall–Kier alpha value is -0.610. The molecule has 1 fully saturated rings. The average molecular weight is 287 g/mol. The monoisotopic (exact) mass is 286 g/mol. The number of anilines is 1. The van der Waals surface area contributed by atoms with Gasteiger partial charge in [0.15, 0.2) is 0 Å². The fourth-order valence-corrected chi connectivity index (χ4v) is 2.48. The lowest BCUT2D eigenvalue weighted by Crippen LogP contribution is -2.31. The van der Waals surface area contributed by atoms with E-state index in [4.69, 9.17) is 0 Å². The Kier molecular flexibility index (Phi) is 4.18. The molecule has 0 spiro atoms. The molecule has 0 atom stereocenters. The molecule has 1 aliphatic rings. The van der Waals surface area contributed by atoms with Crippen LogP contribution in [0.5, 0.6) is 0 Å². The number of benzene rings is 1. The van der Waals surface area contributed by atoms with Crippen molar-refractivity contribution < 1.29 is 4.39 Å². The van der Waals surface area contributed by atoms with Gasteiger partial charge in [-0.15, -0.1) is 0 Å². The summed E-state index contributed by atoms with van der Waals surface area (Å²) in [6.07, 6.45) is 2.33. The van der Waals surface area contributed by atoms with E-state index >= 15 is 0 Å². The van der Waals surface area contributed by atoms with Crippen LogP contribution in [0.25, 0.3) is 0 Å². The summed E-state index contributed by atoms with van der Waals surface area (Å²) in [5.41, 5.74) is 0.584. The zero-order valence-corrected chi connectivity index (χ0v) is 10.7. The van der Waals surface area contributed by atoms with E-state index in [0.717, 1.165) is 24.1 Å². The first kappa shape index (κ1) is 11.9. The predicted molar refractivity (Wildman–Crippen MR) is 68.2 cm³/mol. The lowest BCUT2D eigenvalue weighted by molar-refractivity contribution is 0.389. The zero-order valence-electron chi connectivity index (χ0n) is 9.10. The molecular formula is C12H16BrFN2. The number of piperidine rings is 1. The van der Waals surface area contributed by atoms with E-state index in [9.17, 15) is 4.39 Å². The van der Waals surface area contributed by atoms with E-state index in [1.54, 1.807) is 6.07 Å². The van der Waals surface area contributed by atoms with Crippen LogP contribution < -0.4 is 10.6 Å². The lowest BCUT2D eigenvalue weighted by Gasteiger charge is -2.23. The lowest BCUT2D eigenvalue weighted by atomic mass is 9.98. The van der Waals surface area contributed by atoms with Crippen molar-refractivity contribution in [3.05, 3.63) is 28.5 Å². The van der Waals surface area contributed by atoms with Crippen molar-refractivity contribution in [2.45, 2.75) is 12.8 Å². The molecule has 2 N–H and O–H groups in total. The molecule has 2 rings (SSSR count). The Bertz CT molecular complexity index is 331. The number of nitrogens with one attached hydrogen (secondary N) is 2. The average Bonchev–Trinajstić information content (AvgIpc) is 2.30. The Balaban J connectivity index is 1.93. The van der Waals surface area contributed by atoms with Crippen LogP contribution in [0, 0.1) is 11.7 Å². The van der Waals surface area contributed by atoms with Crippen molar-refractivity contribution in [1.29, 1.82) is 0 Å². The second kappa shape index (κ2) is 5.64. The van der Waals surface area contributed by atoms with Crippen LogP contribution in [0.1, 0.15) is 12.8 Å². The highest BCUT2D eigenvalue weighted by atomic mass is 79.9. The van der Waals surface area contributed by atoms with Crippen molar-refractivity contribution >= 4 is 21.6 Å². The molecule has 2 nitrogen and oxygen atoms in total. The third-order valence-electron chi connectivity index (χ3n) is 2.99. The molecule has 0 bridgehead atoms. The minimum atomic E-state index is -0.191. The molecule has 0 aliphatic carbocycles. The molecule has 1 aromatic rings. The highest BCUT2D eigenvalue weighted by Gasteiger charge is 2.14. The first-order chi connectivity index (χ1) is 7.77. The summed E-state index contributed by atoms with van der Waals surface area (Å²) in [7, 11) is 0. The maximum atomic E-state index is 13.5. The molecule has 4 heteroatoms. The molecule has 0 aromatic heterocycles. The third-order valence-corrected chi connectivity index (χ3v) is 3.65. The van der Waals surface area contributed by atoms with Crippen LogP contribution in [0.2, 0.25) is 0 Å². The minimum absolute atomic E-state index is 0.191. The Morgan fingerprint density at radius 1 is 1.38 bits per heavy atom. The first-order valence-corrected chi connectivity index (χ1v) is 6.45. The highest BCUT2D eigenvalue weighted by Crippen LogP contribution is 2.26. The van der Waals surface area contributed by atoms with E-state index in [1.165, 1.54) is 18.9 Å². The molecule has 0 saturated carbocycles. The molecule has 1 aliphatic heterocycles. The van der Waals surface area contributed by atoms with Crippen LogP contribution in [-0.2, 0) is 0 Å². The standard InChI is InChI=1S/C12H16BrFN2/c13-10-2-1-3-11(14)12(10)16-8-9-4-6-15-7-5-9/h1-3,9,15-16H,4-8H2. The number of hydrogen-bond donors (Lipinski definition) is 2. The Morgan fingerprint density at radius 2 is 2.12 bits per heavy atom. The minimum Gasteiger partial charge on any atom is -0.381 e. The maximum Gasteiger partial charge on any atom is 0.147 e. The Morgan fingerprint density at radius 3 is 2.81 bits per heavy atom. The largest absolute Gasteiger partial charge is 0.381 e. The van der Waals surface area contributed by atoms with Gasteiger partial charge in [-0.1, -0.05) is 6.07 Å². The summed E-state index contributed by atoms with van der Waals surface area (Å²) < 4.78 is 14.3. The van der Waals surface area contributed by atoms with E-state index in [1.807, 2.05) is 6.07 Å². The van der Waals surface area contributed by atoms with Gasteiger partial charge in [-0.05, 0) is 59.9 Å². The van der Waals surface area contributed by atoms with Gasteiger partial charge in [-0.2, -0.15) is 0 Å². The van der Waals surface area contributed by atoms with Gasteiger partial charge < -0.3 is 10.6 Å². The number of rotatable bonds is 3. The van der Waals surface area contributed by atoms with Gasteiger partial charge in [0.1, 0.15) is 5.82 Å². The van der Waals surface area contributed by atoms with E-state index in [-0.39, 0.29) is 5.82 Å². The summed E-state index contributed by atoms with van der Waals surface area (Å²) in [5, 5.41) is 6.53. The second-order valence-electron chi connectivity index (χ2n) is 4.17. The van der Waals surface area contributed by atoms with Crippen molar-refractivity contribution in [3.63, 3.8) is 0 Å². The van der Waals surface area contributed by atoms with Crippen molar-refractivity contribution in [2.24, 2.45) is 5.92 Å². The third kappa shape index (κ3) is 2.95. The van der Waals surface area contributed by atoms with Crippen LogP contribution in [0.15, 0.2) is 22.7 Å². The zero-order chi connectivity index (χ0) is 11.4. The molecule has 1 saturated heterocycles. The maximum absolute atomic E-state index is 13.5. The predicted octanol–water partition coefficient (Wildman–Crippen LogP) is 3.00. The quantitative estimate of drug-likeness (QED) is 0.893. The van der Waals surface area contributed by atoms with Gasteiger partial charge in [0.25, 0.3) is 0 Å². The van der Waals surface area contributed by atoms with E-state index < -0.39 is 0 Å². The van der Waals surface area contributed by atoms with Gasteiger partial charge in [0.05, 0.1) is 5.69 Å². The summed E-state index contributed by atoms with van der Waals surface area (Å²) >= 11 is 3.36. The second-order valence-corrected chi connectivity index (χ2v) is 5.03. The first-order valence-electron chi connectivity index (χ1n) is 5.66. The van der Waals surface area contributed by atoms with Gasteiger partial charge in [-0.3, -0.25) is 0 Å². The summed E-state index contributed by atoms with van der Waals surface area (Å²) in [4.78, 5) is 0. The van der Waals surface area contributed by atoms with E-state index in [0.29, 0.717) is 11.6 Å². The Labute approximate surface area is 104 Å². The van der Waals surface area contributed by atoms with Gasteiger partial charge >= 0.3 is 0 Å². The normalized spacial score (nSPS) is 17.4. The molecule has 1 aromatic carbocycles. The fourth-order valence-electron chi connectivity index (χ4n) is 2.00. The van der Waals surface area contributed by atoms with Crippen molar-refractivity contribution in [3.8, 4) is 0 Å². The van der Waals surface area contributed by atoms with Gasteiger partial charge in [0.2, 0.25) is 0 Å². The molecule has 0 radical (unpaired) electrons. The molecular weight excluding hydrogens is 271 g/mol. The molecule has 1 heterocycles. The summed E-state index contributed by atoms with van der Waals surface area (Å²) in [5.74, 6) is 0.455. The van der Waals surface area contributed by atoms with Crippen LogP contribution >= 0.6 is 15.9 Å². The summed E-state index contributed by atoms with van der Waals surface area (Å²) in [6, 6.07) is 5.04. The van der Waals surface area contributed by atoms with Gasteiger partial charge in [0, 0.05) is 11.0 Å². The number of halogens is 2. The molecule has 0 amide bonds. The number of para-hydroxylation sites is 1. The highest BCUT2D eigenvalue weighted by molar-refractivity contribution is 9.10. The van der Waals surface area contributed by atoms with Crippen LogP contribution in [0.3, 0.4) is 0 Å². The number of hydrogen-bond acceptors (Lipinski definition) is 2. The SMILES string of the molecule is Fc1cccc(Br)c1NCC1CCNCC1. The fraction of sp³-hybridized carbons (Fsp3) is 0.500. The van der Waals surface area contributed by atoms with E-state index in [2.05, 4.69) is 26.6 Å². The van der Waals surface area contributed by atoms with Crippen molar-refractivity contribution in [2.75, 3.05) is 25.0 Å². The molecule has 88 valence electrons. The smallest absolute Gasteiger partial charge is 0.147 e. The van der Waals surface area contributed by atoms with Crippen LogP contribution in [0.4, 0.5) is 10.1 Å². The summed E-state index contributed by atoms with van der Waals surface area (Å²) in [6.45, 7) is 3.00. The van der Waals surface area contributed by atoms with Gasteiger partial charge in [-0.25, -0.2) is 4.39 Å². The molecule has 16 heavy (non-hydrogen) atoms. The van der Waals surface area contributed by atoms with Crippen LogP contribution in [-0.4, -0.2) is 19.6 Å².